The van der Waals surface area contributed by atoms with Crippen LogP contribution in [0.15, 0.2) is 48.2 Å². The average Bonchev–Trinajstić information content (AvgIpc) is 2.99. The smallest absolute Gasteiger partial charge is 0.230 e. The molecule has 1 N–H and O–H groups in total. The molecule has 0 bridgehead atoms. The van der Waals surface area contributed by atoms with Crippen LogP contribution in [0.4, 0.5) is 9.52 Å². The number of hydrogen-bond acceptors (Lipinski definition) is 5. The van der Waals surface area contributed by atoms with Crippen LogP contribution in [0.25, 0.3) is 11.4 Å². The second kappa shape index (κ2) is 6.40. The van der Waals surface area contributed by atoms with Crippen molar-refractivity contribution in [3.05, 3.63) is 59.6 Å². The summed E-state index contributed by atoms with van der Waals surface area (Å²) in [5.41, 5.74) is 2.13. The van der Waals surface area contributed by atoms with Crippen molar-refractivity contribution in [3.8, 4) is 11.4 Å². The SMILES string of the molecule is O=C(Cc1ccc(F)cc1)Nc1nc(-c2ccncn2)cs1. The maximum absolute atomic E-state index is 12.8. The highest BCUT2D eigenvalue weighted by Gasteiger charge is 2.09. The van der Waals surface area contributed by atoms with E-state index in [-0.39, 0.29) is 18.1 Å². The minimum absolute atomic E-state index is 0.169. The number of carbonyl (C=O) groups is 1. The third-order valence-electron chi connectivity index (χ3n) is 2.87. The van der Waals surface area contributed by atoms with Gasteiger partial charge in [0.1, 0.15) is 17.8 Å². The summed E-state index contributed by atoms with van der Waals surface area (Å²) >= 11 is 1.32. The number of anilines is 1. The summed E-state index contributed by atoms with van der Waals surface area (Å²) in [5.74, 6) is -0.520. The molecule has 7 heteroatoms. The third-order valence-corrected chi connectivity index (χ3v) is 3.63. The maximum Gasteiger partial charge on any atom is 0.230 e. The molecule has 1 amide bonds. The first-order chi connectivity index (χ1) is 10.7. The van der Waals surface area contributed by atoms with Crippen LogP contribution in [-0.4, -0.2) is 20.9 Å². The molecule has 5 nitrogen and oxygen atoms in total. The number of benzene rings is 1. The molecule has 0 atom stereocenters. The Kier molecular flexibility index (Phi) is 4.15. The quantitative estimate of drug-likeness (QED) is 0.804. The number of halogens is 1. The zero-order chi connectivity index (χ0) is 15.4. The van der Waals surface area contributed by atoms with Crippen LogP contribution in [0.5, 0.6) is 0 Å². The van der Waals surface area contributed by atoms with Gasteiger partial charge in [-0.15, -0.1) is 11.3 Å². The van der Waals surface area contributed by atoms with E-state index in [9.17, 15) is 9.18 Å². The monoisotopic (exact) mass is 314 g/mol. The van der Waals surface area contributed by atoms with Crippen LogP contribution in [-0.2, 0) is 11.2 Å². The maximum atomic E-state index is 12.8. The molecule has 2 aromatic heterocycles. The van der Waals surface area contributed by atoms with Crippen LogP contribution in [0.3, 0.4) is 0 Å². The van der Waals surface area contributed by atoms with Crippen molar-refractivity contribution in [2.45, 2.75) is 6.42 Å². The van der Waals surface area contributed by atoms with Gasteiger partial charge in [-0.2, -0.15) is 0 Å². The van der Waals surface area contributed by atoms with Gasteiger partial charge in [-0.1, -0.05) is 12.1 Å². The highest BCUT2D eigenvalue weighted by atomic mass is 32.1. The minimum atomic E-state index is -0.321. The summed E-state index contributed by atoms with van der Waals surface area (Å²) in [6, 6.07) is 7.59. The Balaban J connectivity index is 1.65. The predicted molar refractivity (Wildman–Crippen MR) is 81.9 cm³/mol. The highest BCUT2D eigenvalue weighted by Crippen LogP contribution is 2.22. The number of nitrogens with zero attached hydrogens (tertiary/aromatic N) is 3. The van der Waals surface area contributed by atoms with Gasteiger partial charge >= 0.3 is 0 Å². The van der Waals surface area contributed by atoms with E-state index in [0.717, 1.165) is 5.56 Å². The molecule has 0 aliphatic heterocycles. The summed E-state index contributed by atoms with van der Waals surface area (Å²) in [6.07, 6.45) is 3.25. The molecule has 0 unspecified atom stereocenters. The van der Waals surface area contributed by atoms with Crippen LogP contribution in [0, 0.1) is 5.82 Å². The van der Waals surface area contributed by atoms with E-state index in [0.29, 0.717) is 16.5 Å². The van der Waals surface area contributed by atoms with E-state index in [1.807, 2.05) is 5.38 Å². The standard InChI is InChI=1S/C15H11FN4OS/c16-11-3-1-10(2-4-11)7-14(21)20-15-19-13(8-22-15)12-5-6-17-9-18-12/h1-6,8-9H,7H2,(H,19,20,21). The van der Waals surface area contributed by atoms with Crippen molar-refractivity contribution in [1.82, 2.24) is 15.0 Å². The molecule has 3 aromatic rings. The van der Waals surface area contributed by atoms with E-state index in [2.05, 4.69) is 20.3 Å². The Labute approximate surface area is 129 Å². The number of thiazole rings is 1. The molecular weight excluding hydrogens is 303 g/mol. The molecule has 0 spiro atoms. The summed E-state index contributed by atoms with van der Waals surface area (Å²) in [5, 5.41) is 5.04. The zero-order valence-electron chi connectivity index (χ0n) is 11.4. The van der Waals surface area contributed by atoms with Crippen molar-refractivity contribution in [1.29, 1.82) is 0 Å². The summed E-state index contributed by atoms with van der Waals surface area (Å²) in [7, 11) is 0. The molecule has 0 saturated heterocycles. The molecule has 0 aliphatic rings. The number of hydrogen-bond donors (Lipinski definition) is 1. The van der Waals surface area contributed by atoms with Crippen molar-refractivity contribution in [3.63, 3.8) is 0 Å². The lowest BCUT2D eigenvalue weighted by Gasteiger charge is -2.02. The Morgan fingerprint density at radius 3 is 2.73 bits per heavy atom. The largest absolute Gasteiger partial charge is 0.302 e. The Bertz CT molecular complexity index is 774. The fourth-order valence-corrected chi connectivity index (χ4v) is 2.56. The molecule has 0 radical (unpaired) electrons. The lowest BCUT2D eigenvalue weighted by Crippen LogP contribution is -2.14. The van der Waals surface area contributed by atoms with Crippen molar-refractivity contribution < 1.29 is 9.18 Å². The highest BCUT2D eigenvalue weighted by molar-refractivity contribution is 7.14. The third kappa shape index (κ3) is 3.50. The van der Waals surface area contributed by atoms with E-state index < -0.39 is 0 Å². The number of rotatable bonds is 4. The molecule has 22 heavy (non-hydrogen) atoms. The lowest BCUT2D eigenvalue weighted by atomic mass is 10.1. The molecular formula is C15H11FN4OS. The van der Waals surface area contributed by atoms with Crippen molar-refractivity contribution in [2.24, 2.45) is 0 Å². The van der Waals surface area contributed by atoms with Crippen molar-refractivity contribution in [2.75, 3.05) is 5.32 Å². The molecule has 0 aliphatic carbocycles. The molecule has 3 rings (SSSR count). The number of amides is 1. The van der Waals surface area contributed by atoms with Gasteiger partial charge in [0, 0.05) is 11.6 Å². The van der Waals surface area contributed by atoms with Gasteiger partial charge in [-0.05, 0) is 23.8 Å². The van der Waals surface area contributed by atoms with Gasteiger partial charge < -0.3 is 5.32 Å². The van der Waals surface area contributed by atoms with Gasteiger partial charge in [0.25, 0.3) is 0 Å². The molecule has 0 saturated carbocycles. The molecule has 110 valence electrons. The van der Waals surface area contributed by atoms with E-state index in [1.165, 1.54) is 29.8 Å². The topological polar surface area (TPSA) is 67.8 Å². The fourth-order valence-electron chi connectivity index (χ4n) is 1.84. The first kappa shape index (κ1) is 14.3. The summed E-state index contributed by atoms with van der Waals surface area (Å²) < 4.78 is 12.8. The van der Waals surface area contributed by atoms with Gasteiger partial charge in [0.15, 0.2) is 5.13 Å². The first-order valence-electron chi connectivity index (χ1n) is 6.47. The van der Waals surface area contributed by atoms with Gasteiger partial charge in [-0.3, -0.25) is 4.79 Å². The summed E-state index contributed by atoms with van der Waals surface area (Å²) in [6.45, 7) is 0. The van der Waals surface area contributed by atoms with Crippen LogP contribution < -0.4 is 5.32 Å². The number of aromatic nitrogens is 3. The lowest BCUT2D eigenvalue weighted by molar-refractivity contribution is -0.115. The first-order valence-corrected chi connectivity index (χ1v) is 7.35. The second-order valence-corrected chi connectivity index (χ2v) is 5.34. The minimum Gasteiger partial charge on any atom is -0.302 e. The van der Waals surface area contributed by atoms with E-state index in [4.69, 9.17) is 0 Å². The fraction of sp³-hybridized carbons (Fsp3) is 0.0667. The Morgan fingerprint density at radius 2 is 2.00 bits per heavy atom. The van der Waals surface area contributed by atoms with E-state index in [1.54, 1.807) is 24.4 Å². The zero-order valence-corrected chi connectivity index (χ0v) is 12.2. The van der Waals surface area contributed by atoms with Crippen LogP contribution >= 0.6 is 11.3 Å². The van der Waals surface area contributed by atoms with Gasteiger partial charge in [0.2, 0.25) is 5.91 Å². The number of carbonyl (C=O) groups excluding carboxylic acids is 1. The molecule has 1 aromatic carbocycles. The van der Waals surface area contributed by atoms with Crippen LogP contribution in [0.2, 0.25) is 0 Å². The molecule has 0 fully saturated rings. The Hall–Kier alpha value is -2.67. The van der Waals surface area contributed by atoms with Gasteiger partial charge in [-0.25, -0.2) is 19.3 Å². The average molecular weight is 314 g/mol. The summed E-state index contributed by atoms with van der Waals surface area (Å²) in [4.78, 5) is 24.2. The van der Waals surface area contributed by atoms with Gasteiger partial charge in [0.05, 0.1) is 12.1 Å². The number of nitrogens with one attached hydrogen (secondary N) is 1. The van der Waals surface area contributed by atoms with Crippen molar-refractivity contribution >= 4 is 22.4 Å². The second-order valence-electron chi connectivity index (χ2n) is 4.48. The normalized spacial score (nSPS) is 10.4. The Morgan fingerprint density at radius 1 is 1.18 bits per heavy atom. The predicted octanol–water partition coefficient (Wildman–Crippen LogP) is 2.92. The van der Waals surface area contributed by atoms with Crippen LogP contribution in [0.1, 0.15) is 5.56 Å². The van der Waals surface area contributed by atoms with E-state index >= 15 is 0 Å². The molecule has 2 heterocycles.